The minimum absolute atomic E-state index is 0.0187. The average Bonchev–Trinajstić information content (AvgIpc) is 3.11. The number of carbonyl (C=O) groups is 3. The highest BCUT2D eigenvalue weighted by molar-refractivity contribution is 7.18. The normalized spacial score (nSPS) is 11.5. The smallest absolute Gasteiger partial charge is 0.435 e. The second-order valence-corrected chi connectivity index (χ2v) is 7.04. The van der Waals surface area contributed by atoms with Gasteiger partial charge in [-0.1, -0.05) is 0 Å². The van der Waals surface area contributed by atoms with E-state index in [1.165, 1.54) is 6.92 Å². The Balaban J connectivity index is 2.25. The standard InChI is InChI=1S/C16H17F3N4O4S/c1-7(2)27-15(26)11-8(3)12(13(20)25)28-14(11)21-10(24)6-23-5-4-9(22-23)16(17,18)19/h4-5,7H,6H2,1-3H3,(H2,20,25)(H,21,24). The molecule has 0 fully saturated rings. The lowest BCUT2D eigenvalue weighted by Gasteiger charge is -2.10. The summed E-state index contributed by atoms with van der Waals surface area (Å²) in [6.07, 6.45) is -4.07. The van der Waals surface area contributed by atoms with E-state index < -0.39 is 42.3 Å². The number of hydrogen-bond donors (Lipinski definition) is 2. The first-order valence-electron chi connectivity index (χ1n) is 7.94. The summed E-state index contributed by atoms with van der Waals surface area (Å²) in [5.74, 6) is -2.29. The van der Waals surface area contributed by atoms with E-state index >= 15 is 0 Å². The number of nitrogens with two attached hydrogens (primary N) is 1. The third-order valence-corrected chi connectivity index (χ3v) is 4.63. The van der Waals surface area contributed by atoms with Crippen LogP contribution in [0.1, 0.15) is 45.1 Å². The summed E-state index contributed by atoms with van der Waals surface area (Å²) in [6.45, 7) is 4.20. The SMILES string of the molecule is Cc1c(C(N)=O)sc(NC(=O)Cn2ccc(C(F)(F)F)n2)c1C(=O)OC(C)C. The zero-order valence-electron chi connectivity index (χ0n) is 15.1. The maximum Gasteiger partial charge on any atom is 0.435 e. The summed E-state index contributed by atoms with van der Waals surface area (Å²) in [6, 6.07) is 0.735. The van der Waals surface area contributed by atoms with Gasteiger partial charge in [-0.2, -0.15) is 18.3 Å². The first-order chi connectivity index (χ1) is 12.9. The number of carbonyl (C=O) groups excluding carboxylic acids is 3. The van der Waals surface area contributed by atoms with Gasteiger partial charge in [0.1, 0.15) is 11.5 Å². The summed E-state index contributed by atoms with van der Waals surface area (Å²) >= 11 is 0.781. The van der Waals surface area contributed by atoms with Gasteiger partial charge in [-0.15, -0.1) is 11.3 Å². The van der Waals surface area contributed by atoms with Gasteiger partial charge in [0.2, 0.25) is 5.91 Å². The highest BCUT2D eigenvalue weighted by Crippen LogP contribution is 2.34. The zero-order chi connectivity index (χ0) is 21.2. The van der Waals surface area contributed by atoms with Gasteiger partial charge >= 0.3 is 12.1 Å². The van der Waals surface area contributed by atoms with Crippen molar-refractivity contribution in [3.63, 3.8) is 0 Å². The number of ether oxygens (including phenoxy) is 1. The molecule has 0 saturated heterocycles. The molecule has 2 heterocycles. The van der Waals surface area contributed by atoms with Gasteiger partial charge in [0.25, 0.3) is 5.91 Å². The number of thiophene rings is 1. The minimum atomic E-state index is -4.63. The molecule has 28 heavy (non-hydrogen) atoms. The van der Waals surface area contributed by atoms with Crippen molar-refractivity contribution < 1.29 is 32.3 Å². The number of halogens is 3. The van der Waals surface area contributed by atoms with Crippen LogP contribution in [0.5, 0.6) is 0 Å². The molecular formula is C16H17F3N4O4S. The van der Waals surface area contributed by atoms with E-state index in [-0.39, 0.29) is 21.0 Å². The van der Waals surface area contributed by atoms with Crippen molar-refractivity contribution in [2.45, 2.75) is 39.6 Å². The Kier molecular flexibility index (Phi) is 6.12. The second kappa shape index (κ2) is 8.00. The van der Waals surface area contributed by atoms with Gasteiger partial charge in [0, 0.05) is 6.20 Å². The van der Waals surface area contributed by atoms with Crippen LogP contribution >= 0.6 is 11.3 Å². The molecule has 0 aromatic carbocycles. The largest absolute Gasteiger partial charge is 0.459 e. The number of hydrogen-bond acceptors (Lipinski definition) is 6. The van der Waals surface area contributed by atoms with Crippen molar-refractivity contribution in [1.82, 2.24) is 9.78 Å². The number of anilines is 1. The van der Waals surface area contributed by atoms with Gasteiger partial charge in [-0.05, 0) is 32.4 Å². The van der Waals surface area contributed by atoms with Gasteiger partial charge < -0.3 is 15.8 Å². The van der Waals surface area contributed by atoms with E-state index in [1.807, 2.05) is 0 Å². The van der Waals surface area contributed by atoms with Gasteiger partial charge in [0.15, 0.2) is 5.69 Å². The fourth-order valence-electron chi connectivity index (χ4n) is 2.27. The van der Waals surface area contributed by atoms with Crippen molar-refractivity contribution in [2.24, 2.45) is 5.73 Å². The van der Waals surface area contributed by atoms with Crippen LogP contribution in [0.4, 0.5) is 18.2 Å². The summed E-state index contributed by atoms with van der Waals surface area (Å²) < 4.78 is 43.7. The third kappa shape index (κ3) is 4.88. The first-order valence-corrected chi connectivity index (χ1v) is 8.76. The van der Waals surface area contributed by atoms with Crippen LogP contribution in [0.3, 0.4) is 0 Å². The molecule has 0 atom stereocenters. The lowest BCUT2D eigenvalue weighted by Crippen LogP contribution is -2.21. The number of rotatable bonds is 6. The predicted molar refractivity (Wildman–Crippen MR) is 94.0 cm³/mol. The Morgan fingerprint density at radius 1 is 1.36 bits per heavy atom. The highest BCUT2D eigenvalue weighted by atomic mass is 32.1. The molecule has 2 aromatic rings. The molecule has 0 saturated carbocycles. The molecule has 0 radical (unpaired) electrons. The Labute approximate surface area is 161 Å². The molecular weight excluding hydrogens is 401 g/mol. The Bertz CT molecular complexity index is 918. The molecule has 0 aliphatic carbocycles. The highest BCUT2D eigenvalue weighted by Gasteiger charge is 2.33. The summed E-state index contributed by atoms with van der Waals surface area (Å²) in [5, 5.41) is 5.70. The first kappa shape index (κ1) is 21.4. The Hall–Kier alpha value is -2.89. The lowest BCUT2D eigenvalue weighted by atomic mass is 10.1. The van der Waals surface area contributed by atoms with E-state index in [0.717, 1.165) is 28.3 Å². The van der Waals surface area contributed by atoms with Crippen molar-refractivity contribution in [3.8, 4) is 0 Å². The number of aromatic nitrogens is 2. The van der Waals surface area contributed by atoms with Crippen LogP contribution in [0.15, 0.2) is 12.3 Å². The molecule has 2 amide bonds. The van der Waals surface area contributed by atoms with Crippen molar-refractivity contribution in [2.75, 3.05) is 5.32 Å². The van der Waals surface area contributed by atoms with Gasteiger partial charge in [-0.3, -0.25) is 14.3 Å². The van der Waals surface area contributed by atoms with E-state index in [1.54, 1.807) is 13.8 Å². The molecule has 0 bridgehead atoms. The molecule has 0 aliphatic rings. The Morgan fingerprint density at radius 3 is 2.50 bits per heavy atom. The van der Waals surface area contributed by atoms with Crippen molar-refractivity contribution >= 4 is 34.1 Å². The molecule has 2 rings (SSSR count). The summed E-state index contributed by atoms with van der Waals surface area (Å²) in [5.41, 5.74) is 4.36. The summed E-state index contributed by atoms with van der Waals surface area (Å²) in [7, 11) is 0. The maximum absolute atomic E-state index is 12.6. The molecule has 0 unspecified atom stereocenters. The monoisotopic (exact) mass is 418 g/mol. The molecule has 152 valence electrons. The zero-order valence-corrected chi connectivity index (χ0v) is 15.9. The predicted octanol–water partition coefficient (Wildman–Crippen LogP) is 2.57. The number of primary amides is 1. The van der Waals surface area contributed by atoms with Crippen LogP contribution in [-0.4, -0.2) is 33.7 Å². The van der Waals surface area contributed by atoms with Crippen molar-refractivity contribution in [1.29, 1.82) is 0 Å². The third-order valence-electron chi connectivity index (χ3n) is 3.41. The fourth-order valence-corrected chi connectivity index (χ4v) is 3.33. The van der Waals surface area contributed by atoms with Gasteiger partial charge in [-0.25, -0.2) is 4.79 Å². The molecule has 2 aromatic heterocycles. The van der Waals surface area contributed by atoms with Crippen molar-refractivity contribution in [3.05, 3.63) is 34.0 Å². The van der Waals surface area contributed by atoms with E-state index in [2.05, 4.69) is 10.4 Å². The van der Waals surface area contributed by atoms with E-state index in [4.69, 9.17) is 10.5 Å². The maximum atomic E-state index is 12.6. The number of alkyl halides is 3. The number of nitrogens with zero attached hydrogens (tertiary/aromatic N) is 2. The molecule has 12 heteroatoms. The van der Waals surface area contributed by atoms with Crippen LogP contribution in [0, 0.1) is 6.92 Å². The van der Waals surface area contributed by atoms with E-state index in [0.29, 0.717) is 0 Å². The molecule has 0 aliphatic heterocycles. The van der Waals surface area contributed by atoms with Crippen LogP contribution in [0.2, 0.25) is 0 Å². The average molecular weight is 418 g/mol. The number of nitrogens with one attached hydrogen (secondary N) is 1. The molecule has 3 N–H and O–H groups in total. The lowest BCUT2D eigenvalue weighted by molar-refractivity contribution is -0.141. The minimum Gasteiger partial charge on any atom is -0.459 e. The fraction of sp³-hybridized carbons (Fsp3) is 0.375. The van der Waals surface area contributed by atoms with Crippen LogP contribution in [0.25, 0.3) is 0 Å². The number of amides is 2. The van der Waals surface area contributed by atoms with E-state index in [9.17, 15) is 27.6 Å². The summed E-state index contributed by atoms with van der Waals surface area (Å²) in [4.78, 5) is 36.2. The Morgan fingerprint density at radius 2 is 2.00 bits per heavy atom. The molecule has 8 nitrogen and oxygen atoms in total. The molecule has 0 spiro atoms. The number of esters is 1. The van der Waals surface area contributed by atoms with Crippen LogP contribution in [-0.2, 0) is 22.3 Å². The topological polar surface area (TPSA) is 116 Å². The quantitative estimate of drug-likeness (QED) is 0.700. The van der Waals surface area contributed by atoms with Crippen LogP contribution < -0.4 is 11.1 Å². The second-order valence-electron chi connectivity index (χ2n) is 6.02. The van der Waals surface area contributed by atoms with Gasteiger partial charge in [0.05, 0.1) is 16.5 Å².